The monoisotopic (exact) mass is 334 g/mol. The van der Waals surface area contributed by atoms with Gasteiger partial charge in [-0.2, -0.15) is 0 Å². The zero-order valence-electron chi connectivity index (χ0n) is 12.6. The van der Waals surface area contributed by atoms with E-state index in [0.29, 0.717) is 12.2 Å². The Bertz CT molecular complexity index is 665. The molecule has 1 atom stereocenters. The van der Waals surface area contributed by atoms with Gasteiger partial charge in [0.2, 0.25) is 10.0 Å². The van der Waals surface area contributed by atoms with Crippen molar-refractivity contribution in [1.29, 1.82) is 0 Å². The Morgan fingerprint density at radius 3 is 1.95 bits per heavy atom. The Kier molecular flexibility index (Phi) is 5.77. The Balaban J connectivity index is 2.80. The van der Waals surface area contributed by atoms with Crippen LogP contribution in [0.2, 0.25) is 0 Å². The number of sulfone groups is 1. The van der Waals surface area contributed by atoms with E-state index >= 15 is 0 Å². The van der Waals surface area contributed by atoms with Crippen LogP contribution in [0.25, 0.3) is 0 Å². The lowest BCUT2D eigenvalue weighted by Gasteiger charge is -2.17. The van der Waals surface area contributed by atoms with Crippen LogP contribution in [0.3, 0.4) is 0 Å². The van der Waals surface area contributed by atoms with E-state index in [0.717, 1.165) is 6.26 Å². The van der Waals surface area contributed by atoms with Gasteiger partial charge in [0.05, 0.1) is 10.1 Å². The van der Waals surface area contributed by atoms with Crippen LogP contribution in [0.15, 0.2) is 29.2 Å². The maximum atomic E-state index is 12.1. The van der Waals surface area contributed by atoms with Crippen molar-refractivity contribution >= 4 is 25.5 Å². The summed E-state index contributed by atoms with van der Waals surface area (Å²) in [4.78, 5) is 0.153. The first-order valence-electron chi connectivity index (χ1n) is 6.57. The first-order chi connectivity index (χ1) is 9.52. The molecule has 0 aromatic heterocycles. The molecule has 8 heteroatoms. The summed E-state index contributed by atoms with van der Waals surface area (Å²) in [5.41, 5.74) is 0.346. The first-order valence-corrected chi connectivity index (χ1v) is 10.0. The lowest BCUT2D eigenvalue weighted by Crippen LogP contribution is -2.37. The van der Waals surface area contributed by atoms with E-state index < -0.39 is 25.1 Å². The number of hydrogen-bond acceptors (Lipinski definition) is 5. The molecule has 120 valence electrons. The van der Waals surface area contributed by atoms with E-state index in [2.05, 4.69) is 10.0 Å². The summed E-state index contributed by atoms with van der Waals surface area (Å²) in [6.07, 6.45) is 1.10. The standard InChI is InChI=1S/C13H22N2O4S2/c1-10(2)14-9-11(3)21(18,19)15-12-5-7-13(8-6-12)20(4,16)17/h5-8,10-11,14-15H,9H2,1-4H3. The zero-order valence-corrected chi connectivity index (χ0v) is 14.3. The third kappa shape index (κ3) is 5.64. The highest BCUT2D eigenvalue weighted by molar-refractivity contribution is 7.93. The lowest BCUT2D eigenvalue weighted by atomic mass is 10.3. The third-order valence-electron chi connectivity index (χ3n) is 2.89. The summed E-state index contributed by atoms with van der Waals surface area (Å²) in [6.45, 7) is 5.84. The molecule has 1 aromatic rings. The van der Waals surface area contributed by atoms with Crippen molar-refractivity contribution in [2.45, 2.75) is 37.0 Å². The second-order valence-corrected chi connectivity index (χ2v) is 9.43. The maximum Gasteiger partial charge on any atom is 0.236 e. The molecule has 1 unspecified atom stereocenters. The van der Waals surface area contributed by atoms with Gasteiger partial charge in [-0.1, -0.05) is 13.8 Å². The van der Waals surface area contributed by atoms with Crippen molar-refractivity contribution in [2.75, 3.05) is 17.5 Å². The number of nitrogens with one attached hydrogen (secondary N) is 2. The zero-order chi connectivity index (χ0) is 16.3. The van der Waals surface area contributed by atoms with Gasteiger partial charge in [-0.05, 0) is 31.2 Å². The topological polar surface area (TPSA) is 92.3 Å². The molecule has 1 rings (SSSR count). The minimum atomic E-state index is -3.52. The Labute approximate surface area is 126 Å². The largest absolute Gasteiger partial charge is 0.313 e. The quantitative estimate of drug-likeness (QED) is 0.782. The van der Waals surface area contributed by atoms with E-state index in [1.54, 1.807) is 6.92 Å². The molecule has 0 heterocycles. The summed E-state index contributed by atoms with van der Waals surface area (Å²) in [7, 11) is -6.80. The van der Waals surface area contributed by atoms with E-state index in [9.17, 15) is 16.8 Å². The normalized spacial score (nSPS) is 14.1. The first kappa shape index (κ1) is 17.9. The smallest absolute Gasteiger partial charge is 0.236 e. The fraction of sp³-hybridized carbons (Fsp3) is 0.538. The van der Waals surface area contributed by atoms with Crippen LogP contribution in [-0.2, 0) is 19.9 Å². The van der Waals surface area contributed by atoms with Gasteiger partial charge in [-0.15, -0.1) is 0 Å². The molecule has 1 aromatic carbocycles. The molecule has 21 heavy (non-hydrogen) atoms. The molecule has 0 bridgehead atoms. The number of anilines is 1. The van der Waals surface area contributed by atoms with Gasteiger partial charge in [0.1, 0.15) is 0 Å². The molecule has 0 radical (unpaired) electrons. The van der Waals surface area contributed by atoms with Crippen LogP contribution < -0.4 is 10.0 Å². The van der Waals surface area contributed by atoms with Crippen LogP contribution in [0.5, 0.6) is 0 Å². The summed E-state index contributed by atoms with van der Waals surface area (Å²) in [5.74, 6) is 0. The van der Waals surface area contributed by atoms with Gasteiger partial charge >= 0.3 is 0 Å². The van der Waals surface area contributed by atoms with E-state index in [1.165, 1.54) is 24.3 Å². The molecule has 0 spiro atoms. The summed E-state index contributed by atoms with van der Waals surface area (Å²) in [5, 5.41) is 2.47. The van der Waals surface area contributed by atoms with E-state index in [-0.39, 0.29) is 10.9 Å². The Hall–Kier alpha value is -1.12. The predicted molar refractivity (Wildman–Crippen MR) is 84.7 cm³/mol. The highest BCUT2D eigenvalue weighted by atomic mass is 32.2. The van der Waals surface area contributed by atoms with Gasteiger partial charge in [-0.25, -0.2) is 16.8 Å². The van der Waals surface area contributed by atoms with Gasteiger partial charge in [0.25, 0.3) is 0 Å². The van der Waals surface area contributed by atoms with Gasteiger partial charge in [-0.3, -0.25) is 4.72 Å². The number of rotatable bonds is 7. The van der Waals surface area contributed by atoms with Crippen LogP contribution in [0.4, 0.5) is 5.69 Å². The maximum absolute atomic E-state index is 12.1. The summed E-state index contributed by atoms with van der Waals surface area (Å²) >= 11 is 0. The second kappa shape index (κ2) is 6.76. The molecule has 2 N–H and O–H groups in total. The van der Waals surface area contributed by atoms with Crippen molar-refractivity contribution in [3.8, 4) is 0 Å². The highest BCUT2D eigenvalue weighted by Crippen LogP contribution is 2.16. The molecule has 0 saturated heterocycles. The van der Waals surface area contributed by atoms with Crippen molar-refractivity contribution in [1.82, 2.24) is 5.32 Å². The molecule has 0 aliphatic heterocycles. The molecular formula is C13H22N2O4S2. The SMILES string of the molecule is CC(C)NCC(C)S(=O)(=O)Nc1ccc(S(C)(=O)=O)cc1. The van der Waals surface area contributed by atoms with Crippen molar-refractivity contribution in [2.24, 2.45) is 0 Å². The fourth-order valence-electron chi connectivity index (χ4n) is 1.55. The average molecular weight is 334 g/mol. The minimum absolute atomic E-state index is 0.153. The van der Waals surface area contributed by atoms with E-state index in [1.807, 2.05) is 13.8 Å². The highest BCUT2D eigenvalue weighted by Gasteiger charge is 2.20. The average Bonchev–Trinajstić information content (AvgIpc) is 2.34. The second-order valence-electron chi connectivity index (χ2n) is 5.32. The number of benzene rings is 1. The van der Waals surface area contributed by atoms with Crippen LogP contribution >= 0.6 is 0 Å². The van der Waals surface area contributed by atoms with Crippen molar-refractivity contribution in [3.05, 3.63) is 24.3 Å². The number of hydrogen-bond donors (Lipinski definition) is 2. The molecule has 0 saturated carbocycles. The lowest BCUT2D eigenvalue weighted by molar-refractivity contribution is 0.553. The minimum Gasteiger partial charge on any atom is -0.313 e. The van der Waals surface area contributed by atoms with Crippen LogP contribution in [0, 0.1) is 0 Å². The molecule has 0 aliphatic rings. The van der Waals surface area contributed by atoms with Crippen LogP contribution in [-0.4, -0.2) is 40.9 Å². The molecule has 0 amide bonds. The summed E-state index contributed by atoms with van der Waals surface area (Å²) < 4.78 is 49.4. The molecular weight excluding hydrogens is 312 g/mol. The third-order valence-corrected chi connectivity index (χ3v) is 5.76. The molecule has 0 aliphatic carbocycles. The van der Waals surface area contributed by atoms with Crippen molar-refractivity contribution in [3.63, 3.8) is 0 Å². The van der Waals surface area contributed by atoms with E-state index in [4.69, 9.17) is 0 Å². The summed E-state index contributed by atoms with van der Waals surface area (Å²) in [6, 6.07) is 5.85. The van der Waals surface area contributed by atoms with Crippen LogP contribution in [0.1, 0.15) is 20.8 Å². The van der Waals surface area contributed by atoms with Crippen molar-refractivity contribution < 1.29 is 16.8 Å². The van der Waals surface area contributed by atoms with Gasteiger partial charge in [0.15, 0.2) is 9.84 Å². The predicted octanol–water partition coefficient (Wildman–Crippen LogP) is 1.22. The van der Waals surface area contributed by atoms with Gasteiger partial charge < -0.3 is 5.32 Å². The fourth-order valence-corrected chi connectivity index (χ4v) is 3.16. The Morgan fingerprint density at radius 1 is 1.00 bits per heavy atom. The molecule has 6 nitrogen and oxygen atoms in total. The Morgan fingerprint density at radius 2 is 1.52 bits per heavy atom. The van der Waals surface area contributed by atoms with Gasteiger partial charge in [0, 0.05) is 24.5 Å². The molecule has 0 fully saturated rings. The number of sulfonamides is 1.